The number of benzene rings is 2. The minimum Gasteiger partial charge on any atom is -0.480 e. The van der Waals surface area contributed by atoms with Gasteiger partial charge in [-0.25, -0.2) is 0 Å². The Kier molecular flexibility index (Phi) is 4.88. The third kappa shape index (κ3) is 4.01. The van der Waals surface area contributed by atoms with Crippen LogP contribution < -0.4 is 0 Å². The van der Waals surface area contributed by atoms with E-state index in [2.05, 4.69) is 0 Å². The summed E-state index contributed by atoms with van der Waals surface area (Å²) in [6.07, 6.45) is 0.411. The molecule has 0 bridgehead atoms. The van der Waals surface area contributed by atoms with Crippen molar-refractivity contribution in [2.45, 2.75) is 16.6 Å². The van der Waals surface area contributed by atoms with Crippen LogP contribution in [0.2, 0.25) is 5.02 Å². The first-order valence-electron chi connectivity index (χ1n) is 5.85. The molecular weight excluding hydrogens is 280 g/mol. The summed E-state index contributed by atoms with van der Waals surface area (Å²) in [6, 6.07) is 16.9. The Morgan fingerprint density at radius 3 is 2.37 bits per heavy atom. The minimum absolute atomic E-state index is 0.411. The molecule has 0 aliphatic rings. The minimum atomic E-state index is -0.825. The molecule has 4 heteroatoms. The number of aliphatic carboxylic acids is 1. The monoisotopic (exact) mass is 292 g/mol. The van der Waals surface area contributed by atoms with Gasteiger partial charge >= 0.3 is 5.97 Å². The second-order valence-electron chi connectivity index (χ2n) is 4.05. The number of carbonyl (C=O) groups is 1. The van der Waals surface area contributed by atoms with E-state index in [1.54, 1.807) is 6.07 Å². The van der Waals surface area contributed by atoms with Crippen LogP contribution in [0.3, 0.4) is 0 Å². The van der Waals surface area contributed by atoms with E-state index < -0.39 is 11.2 Å². The molecule has 2 aromatic rings. The zero-order valence-corrected chi connectivity index (χ0v) is 11.7. The fraction of sp³-hybridized carbons (Fsp3) is 0.133. The van der Waals surface area contributed by atoms with Crippen molar-refractivity contribution in [3.8, 4) is 0 Å². The fourth-order valence-electron chi connectivity index (χ4n) is 1.71. The van der Waals surface area contributed by atoms with Crippen LogP contribution in [0.4, 0.5) is 0 Å². The highest BCUT2D eigenvalue weighted by molar-refractivity contribution is 8.00. The van der Waals surface area contributed by atoms with Gasteiger partial charge in [0.25, 0.3) is 0 Å². The van der Waals surface area contributed by atoms with Crippen molar-refractivity contribution in [2.75, 3.05) is 0 Å². The van der Waals surface area contributed by atoms with Gasteiger partial charge in [-0.3, -0.25) is 4.79 Å². The normalized spacial score (nSPS) is 12.1. The molecule has 0 aromatic heterocycles. The average Bonchev–Trinajstić information content (AvgIpc) is 2.41. The van der Waals surface area contributed by atoms with Crippen LogP contribution in [0.5, 0.6) is 0 Å². The second-order valence-corrected chi connectivity index (χ2v) is 5.74. The Hall–Kier alpha value is -1.45. The maximum atomic E-state index is 11.4. The molecule has 1 N–H and O–H groups in total. The van der Waals surface area contributed by atoms with Crippen LogP contribution in [0.25, 0.3) is 0 Å². The molecule has 2 rings (SSSR count). The van der Waals surface area contributed by atoms with Gasteiger partial charge in [0, 0.05) is 9.92 Å². The van der Waals surface area contributed by atoms with Crippen LogP contribution in [-0.2, 0) is 11.2 Å². The Labute approximate surface area is 121 Å². The van der Waals surface area contributed by atoms with Crippen molar-refractivity contribution in [1.29, 1.82) is 0 Å². The molecule has 0 unspecified atom stereocenters. The smallest absolute Gasteiger partial charge is 0.317 e. The largest absolute Gasteiger partial charge is 0.480 e. The molecule has 0 spiro atoms. The maximum absolute atomic E-state index is 11.4. The number of hydrogen-bond acceptors (Lipinski definition) is 2. The second kappa shape index (κ2) is 6.64. The number of carboxylic acid groups (broad SMARTS) is 1. The summed E-state index contributed by atoms with van der Waals surface area (Å²) in [5, 5.41) is 9.40. The highest BCUT2D eigenvalue weighted by Gasteiger charge is 2.20. The molecule has 0 aliphatic heterocycles. The first-order chi connectivity index (χ1) is 9.16. The molecule has 0 radical (unpaired) electrons. The average molecular weight is 293 g/mol. The number of carboxylic acids is 1. The first kappa shape index (κ1) is 14.0. The van der Waals surface area contributed by atoms with Crippen LogP contribution in [0.15, 0.2) is 59.5 Å². The quantitative estimate of drug-likeness (QED) is 0.842. The van der Waals surface area contributed by atoms with Gasteiger partial charge in [-0.15, -0.1) is 11.8 Å². The van der Waals surface area contributed by atoms with Crippen LogP contribution >= 0.6 is 23.4 Å². The van der Waals surface area contributed by atoms with E-state index in [0.717, 1.165) is 10.5 Å². The van der Waals surface area contributed by atoms with Crippen molar-refractivity contribution >= 4 is 29.3 Å². The molecular formula is C15H13ClO2S. The van der Waals surface area contributed by atoms with Gasteiger partial charge in [0.1, 0.15) is 5.25 Å². The topological polar surface area (TPSA) is 37.3 Å². The third-order valence-electron chi connectivity index (χ3n) is 2.66. The van der Waals surface area contributed by atoms with Gasteiger partial charge in [-0.2, -0.15) is 0 Å². The van der Waals surface area contributed by atoms with E-state index in [1.807, 2.05) is 48.5 Å². The summed E-state index contributed by atoms with van der Waals surface area (Å²) in [6.45, 7) is 0. The highest BCUT2D eigenvalue weighted by atomic mass is 35.5. The maximum Gasteiger partial charge on any atom is 0.317 e. The molecule has 19 heavy (non-hydrogen) atoms. The first-order valence-corrected chi connectivity index (χ1v) is 7.10. The number of thioether (sulfide) groups is 1. The van der Waals surface area contributed by atoms with Crippen molar-refractivity contribution in [1.82, 2.24) is 0 Å². The summed E-state index contributed by atoms with van der Waals surface area (Å²) in [5.74, 6) is -0.825. The number of halogens is 1. The van der Waals surface area contributed by atoms with Crippen molar-refractivity contribution < 1.29 is 9.90 Å². The van der Waals surface area contributed by atoms with Crippen LogP contribution in [-0.4, -0.2) is 16.3 Å². The summed E-state index contributed by atoms with van der Waals surface area (Å²) in [5.41, 5.74) is 0.861. The Balaban J connectivity index is 2.13. The van der Waals surface area contributed by atoms with Crippen LogP contribution in [0, 0.1) is 0 Å². The Bertz CT molecular complexity index is 557. The lowest BCUT2D eigenvalue weighted by Gasteiger charge is -2.13. The van der Waals surface area contributed by atoms with E-state index in [0.29, 0.717) is 11.4 Å². The van der Waals surface area contributed by atoms with Gasteiger partial charge in [0.15, 0.2) is 0 Å². The summed E-state index contributed by atoms with van der Waals surface area (Å²) < 4.78 is 0. The van der Waals surface area contributed by atoms with E-state index in [9.17, 15) is 9.90 Å². The lowest BCUT2D eigenvalue weighted by Crippen LogP contribution is -2.19. The lowest BCUT2D eigenvalue weighted by molar-refractivity contribution is -0.136. The van der Waals surface area contributed by atoms with Gasteiger partial charge in [0.05, 0.1) is 0 Å². The molecule has 0 amide bonds. The predicted molar refractivity (Wildman–Crippen MR) is 78.9 cm³/mol. The molecule has 0 heterocycles. The van der Waals surface area contributed by atoms with Crippen molar-refractivity contribution in [3.63, 3.8) is 0 Å². The number of rotatable bonds is 5. The lowest BCUT2D eigenvalue weighted by atomic mass is 10.1. The highest BCUT2D eigenvalue weighted by Crippen LogP contribution is 2.28. The van der Waals surface area contributed by atoms with Gasteiger partial charge in [-0.05, 0) is 30.2 Å². The third-order valence-corrected chi connectivity index (χ3v) is 4.23. The molecule has 2 aromatic carbocycles. The zero-order chi connectivity index (χ0) is 13.7. The van der Waals surface area contributed by atoms with Crippen LogP contribution in [0.1, 0.15) is 5.56 Å². The molecule has 1 atom stereocenters. The van der Waals surface area contributed by atoms with Crippen molar-refractivity contribution in [2.24, 2.45) is 0 Å². The SMILES string of the molecule is O=C(O)[C@@H](Cc1ccccc1Cl)Sc1ccccc1. The molecule has 0 saturated heterocycles. The van der Waals surface area contributed by atoms with Gasteiger partial charge in [0.2, 0.25) is 0 Å². The standard InChI is InChI=1S/C15H13ClO2S/c16-13-9-5-4-6-11(13)10-14(15(17)18)19-12-7-2-1-3-8-12/h1-9,14H,10H2,(H,17,18)/t14-/m1/s1. The molecule has 0 fully saturated rings. The summed E-state index contributed by atoms with van der Waals surface area (Å²) in [7, 11) is 0. The number of hydrogen-bond donors (Lipinski definition) is 1. The molecule has 98 valence electrons. The molecule has 0 saturated carbocycles. The molecule has 2 nitrogen and oxygen atoms in total. The van der Waals surface area contributed by atoms with Gasteiger partial charge < -0.3 is 5.11 Å². The summed E-state index contributed by atoms with van der Waals surface area (Å²) >= 11 is 7.42. The molecule has 0 aliphatic carbocycles. The fourth-order valence-corrected chi connectivity index (χ4v) is 2.93. The van der Waals surface area contributed by atoms with Crippen molar-refractivity contribution in [3.05, 3.63) is 65.2 Å². The summed E-state index contributed by atoms with van der Waals surface area (Å²) in [4.78, 5) is 12.3. The Morgan fingerprint density at radius 1 is 1.11 bits per heavy atom. The van der Waals surface area contributed by atoms with E-state index in [1.165, 1.54) is 11.8 Å². The zero-order valence-electron chi connectivity index (χ0n) is 10.1. The van der Waals surface area contributed by atoms with E-state index >= 15 is 0 Å². The Morgan fingerprint density at radius 2 is 1.74 bits per heavy atom. The van der Waals surface area contributed by atoms with Gasteiger partial charge in [-0.1, -0.05) is 48.0 Å². The van der Waals surface area contributed by atoms with E-state index in [-0.39, 0.29) is 0 Å². The predicted octanol–water partition coefficient (Wildman–Crippen LogP) is 4.13. The van der Waals surface area contributed by atoms with E-state index in [4.69, 9.17) is 11.6 Å².